The topological polar surface area (TPSA) is 53.9 Å². The molecule has 216 valence electrons. The number of carbonyl (C=O) groups excluding carboxylic acids is 1. The van der Waals surface area contributed by atoms with Gasteiger partial charge in [-0.05, 0) is 86.0 Å². The molecule has 0 aliphatic carbocycles. The standard InChI is InChI=1S/C30H27F6N3O2/c1-4-39-25-13-11-22(41-3)17-24(25)28(2,26(39)14-15-37-38-27(40)19-8-6-5-7-9-19)18-20-16-21(29(31,32)33)10-12-23(20)30(34,35)36/h5-17H,4,18H2,1-3H3,(H,38,40)/b26-14-,37-15+. The molecular weight excluding hydrogens is 548 g/mol. The molecule has 1 aliphatic heterocycles. The van der Waals surface area contributed by atoms with Gasteiger partial charge in [-0.2, -0.15) is 31.4 Å². The maximum Gasteiger partial charge on any atom is 0.416 e. The number of alkyl halides is 6. The number of rotatable bonds is 7. The van der Waals surface area contributed by atoms with E-state index in [-0.39, 0.29) is 0 Å². The average molecular weight is 576 g/mol. The number of anilines is 1. The lowest BCUT2D eigenvalue weighted by molar-refractivity contribution is -0.141. The second kappa shape index (κ2) is 11.3. The molecule has 1 aliphatic rings. The number of likely N-dealkylation sites (N-methyl/N-ethyl adjacent to an activating group) is 1. The highest BCUT2D eigenvalue weighted by atomic mass is 19.4. The van der Waals surface area contributed by atoms with Crippen LogP contribution >= 0.6 is 0 Å². The minimum Gasteiger partial charge on any atom is -0.497 e. The number of fused-ring (bicyclic) bond motifs is 1. The highest BCUT2D eigenvalue weighted by Crippen LogP contribution is 2.51. The van der Waals surface area contributed by atoms with Crippen LogP contribution in [0.25, 0.3) is 0 Å². The van der Waals surface area contributed by atoms with Crippen molar-refractivity contribution in [2.24, 2.45) is 5.10 Å². The van der Waals surface area contributed by atoms with Gasteiger partial charge in [-0.1, -0.05) is 18.2 Å². The van der Waals surface area contributed by atoms with Gasteiger partial charge in [-0.3, -0.25) is 4.79 Å². The largest absolute Gasteiger partial charge is 0.497 e. The van der Waals surface area contributed by atoms with Crippen molar-refractivity contribution in [1.82, 2.24) is 5.43 Å². The number of ether oxygens (including phenoxy) is 1. The van der Waals surface area contributed by atoms with Crippen LogP contribution in [0, 0.1) is 0 Å². The van der Waals surface area contributed by atoms with E-state index in [1.54, 1.807) is 61.5 Å². The normalized spacial score (nSPS) is 18.2. The predicted octanol–water partition coefficient (Wildman–Crippen LogP) is 7.37. The van der Waals surface area contributed by atoms with Crippen molar-refractivity contribution in [3.05, 3.63) is 106 Å². The van der Waals surface area contributed by atoms with E-state index in [4.69, 9.17) is 4.74 Å². The number of benzene rings is 3. The zero-order chi connectivity index (χ0) is 30.0. The Bertz CT molecular complexity index is 1480. The van der Waals surface area contributed by atoms with Crippen molar-refractivity contribution in [1.29, 1.82) is 0 Å². The number of hydrogen-bond donors (Lipinski definition) is 1. The van der Waals surface area contributed by atoms with Crippen LogP contribution in [-0.2, 0) is 24.2 Å². The van der Waals surface area contributed by atoms with E-state index < -0.39 is 46.8 Å². The van der Waals surface area contributed by atoms with E-state index in [2.05, 4.69) is 10.5 Å². The number of hydrazone groups is 1. The third-order valence-electron chi connectivity index (χ3n) is 7.05. The highest BCUT2D eigenvalue weighted by molar-refractivity contribution is 5.94. The number of nitrogens with zero attached hydrogens (tertiary/aromatic N) is 2. The number of halogens is 6. The molecule has 1 amide bonds. The zero-order valence-corrected chi connectivity index (χ0v) is 22.4. The molecule has 41 heavy (non-hydrogen) atoms. The van der Waals surface area contributed by atoms with Gasteiger partial charge in [0, 0.05) is 35.1 Å². The van der Waals surface area contributed by atoms with Crippen LogP contribution < -0.4 is 15.1 Å². The van der Waals surface area contributed by atoms with Crippen LogP contribution in [0.4, 0.5) is 32.0 Å². The zero-order valence-electron chi connectivity index (χ0n) is 22.4. The summed E-state index contributed by atoms with van der Waals surface area (Å²) in [6.45, 7) is 3.91. The van der Waals surface area contributed by atoms with E-state index in [0.29, 0.717) is 53.0 Å². The minimum atomic E-state index is -4.87. The van der Waals surface area contributed by atoms with Gasteiger partial charge in [0.15, 0.2) is 0 Å². The number of allylic oxidation sites excluding steroid dienone is 2. The molecule has 1 N–H and O–H groups in total. The molecule has 0 bridgehead atoms. The molecule has 11 heteroatoms. The molecule has 1 atom stereocenters. The summed E-state index contributed by atoms with van der Waals surface area (Å²) >= 11 is 0. The fourth-order valence-electron chi connectivity index (χ4n) is 5.12. The second-order valence-electron chi connectivity index (χ2n) is 9.64. The Hall–Kier alpha value is -4.28. The summed E-state index contributed by atoms with van der Waals surface area (Å²) in [6.07, 6.45) is -7.25. The monoisotopic (exact) mass is 575 g/mol. The molecule has 0 spiro atoms. The van der Waals surface area contributed by atoms with Gasteiger partial charge in [0.2, 0.25) is 0 Å². The van der Waals surface area contributed by atoms with Gasteiger partial charge in [-0.15, -0.1) is 0 Å². The fourth-order valence-corrected chi connectivity index (χ4v) is 5.12. The Balaban J connectivity index is 1.82. The SMILES string of the molecule is CCN1/C(=C\C=N\NC(=O)c2ccccc2)C(C)(Cc2cc(C(F)(F)F)ccc2C(F)(F)F)c2cc(OC)ccc21. The average Bonchev–Trinajstić information content (AvgIpc) is 3.16. The van der Waals surface area contributed by atoms with Gasteiger partial charge >= 0.3 is 12.4 Å². The van der Waals surface area contributed by atoms with Gasteiger partial charge in [0.05, 0.1) is 18.2 Å². The molecule has 1 unspecified atom stereocenters. The summed E-state index contributed by atoms with van der Waals surface area (Å²) in [7, 11) is 1.44. The van der Waals surface area contributed by atoms with Crippen LogP contribution in [0.1, 0.15) is 46.5 Å². The van der Waals surface area contributed by atoms with E-state index in [1.165, 1.54) is 13.3 Å². The third-order valence-corrected chi connectivity index (χ3v) is 7.05. The van der Waals surface area contributed by atoms with E-state index >= 15 is 0 Å². The Morgan fingerprint density at radius 3 is 2.32 bits per heavy atom. The highest BCUT2D eigenvalue weighted by Gasteiger charge is 2.46. The molecule has 3 aromatic rings. The van der Waals surface area contributed by atoms with Crippen molar-refractivity contribution in [3.8, 4) is 5.75 Å². The van der Waals surface area contributed by atoms with Crippen molar-refractivity contribution in [2.45, 2.75) is 38.0 Å². The number of methoxy groups -OCH3 is 1. The lowest BCUT2D eigenvalue weighted by Gasteiger charge is -2.31. The Morgan fingerprint density at radius 1 is 1.00 bits per heavy atom. The predicted molar refractivity (Wildman–Crippen MR) is 144 cm³/mol. The molecule has 1 heterocycles. The van der Waals surface area contributed by atoms with Crippen molar-refractivity contribution in [2.75, 3.05) is 18.6 Å². The third kappa shape index (κ3) is 6.08. The molecule has 0 aromatic heterocycles. The maximum absolute atomic E-state index is 14.0. The Kier molecular flexibility index (Phi) is 8.19. The van der Waals surface area contributed by atoms with Crippen LogP contribution in [0.2, 0.25) is 0 Å². The fraction of sp³-hybridized carbons (Fsp3) is 0.267. The van der Waals surface area contributed by atoms with Gasteiger partial charge < -0.3 is 9.64 Å². The van der Waals surface area contributed by atoms with Crippen molar-refractivity contribution in [3.63, 3.8) is 0 Å². The van der Waals surface area contributed by atoms with Crippen LogP contribution in [0.3, 0.4) is 0 Å². The van der Waals surface area contributed by atoms with Gasteiger partial charge in [0.25, 0.3) is 5.91 Å². The molecule has 0 fully saturated rings. The molecule has 5 nitrogen and oxygen atoms in total. The smallest absolute Gasteiger partial charge is 0.416 e. The lowest BCUT2D eigenvalue weighted by atomic mass is 9.75. The number of nitrogens with one attached hydrogen (secondary N) is 1. The summed E-state index contributed by atoms with van der Waals surface area (Å²) in [5.41, 5.74) is 0.484. The van der Waals surface area contributed by atoms with E-state index in [9.17, 15) is 31.1 Å². The number of amides is 1. The molecule has 0 radical (unpaired) electrons. The Labute approximate surface area is 233 Å². The van der Waals surface area contributed by atoms with Crippen LogP contribution in [0.15, 0.2) is 83.6 Å². The van der Waals surface area contributed by atoms with E-state index in [1.807, 2.05) is 11.8 Å². The number of hydrogen-bond acceptors (Lipinski definition) is 4. The first kappa shape index (κ1) is 29.7. The maximum atomic E-state index is 14.0. The molecule has 0 saturated heterocycles. The second-order valence-corrected chi connectivity index (χ2v) is 9.64. The minimum absolute atomic E-state index is 0.377. The van der Waals surface area contributed by atoms with Gasteiger partial charge in [-0.25, -0.2) is 5.43 Å². The summed E-state index contributed by atoms with van der Waals surface area (Å²) in [5.74, 6) is -0.0234. The Morgan fingerprint density at radius 2 is 1.71 bits per heavy atom. The molecule has 0 saturated carbocycles. The summed E-state index contributed by atoms with van der Waals surface area (Å²) < 4.78 is 88.1. The summed E-state index contributed by atoms with van der Waals surface area (Å²) in [5, 5.41) is 3.97. The molecular formula is C30H27F6N3O2. The van der Waals surface area contributed by atoms with Crippen molar-refractivity contribution >= 4 is 17.8 Å². The first-order valence-corrected chi connectivity index (χ1v) is 12.6. The molecule has 4 rings (SSSR count). The quantitative estimate of drug-likeness (QED) is 0.182. The molecule has 3 aromatic carbocycles. The first-order valence-electron chi connectivity index (χ1n) is 12.6. The summed E-state index contributed by atoms with van der Waals surface area (Å²) in [6, 6.07) is 15.0. The van der Waals surface area contributed by atoms with Crippen LogP contribution in [-0.4, -0.2) is 25.8 Å². The summed E-state index contributed by atoms with van der Waals surface area (Å²) in [4.78, 5) is 14.2. The van der Waals surface area contributed by atoms with Crippen LogP contribution in [0.5, 0.6) is 5.75 Å². The van der Waals surface area contributed by atoms with Crippen molar-refractivity contribution < 1.29 is 35.9 Å². The lowest BCUT2D eigenvalue weighted by Crippen LogP contribution is -2.32. The first-order chi connectivity index (χ1) is 19.3. The number of carbonyl (C=O) groups is 1. The van der Waals surface area contributed by atoms with E-state index in [0.717, 1.165) is 0 Å². The van der Waals surface area contributed by atoms with Gasteiger partial charge in [0.1, 0.15) is 5.75 Å².